The molecule has 39 heavy (non-hydrogen) atoms. The Morgan fingerprint density at radius 2 is 1.92 bits per heavy atom. The van der Waals surface area contributed by atoms with Crippen LogP contribution in [0.4, 0.5) is 0 Å². The second-order valence-electron chi connectivity index (χ2n) is 10.8. The molecule has 4 rings (SSSR count). The lowest BCUT2D eigenvalue weighted by Crippen LogP contribution is -2.33. The summed E-state index contributed by atoms with van der Waals surface area (Å²) in [5.41, 5.74) is 1.89. The molecule has 2 aromatic carbocycles. The standard InChI is InChI=1S/C31H39O7P/c1-5-6-8-11-23-19-27(32)29(26-18-22(4)14-15-25(26)21(2)3)28(20-23)36-30(33)31(16-17-31)38-39(34,35)37-24-12-9-7-10-13-24/h7,9-10,12-13,18-20,25-26,32H,2,5-6,8,11,14-17H2,1,3-4H3,(H,34,35)/p-1/t25-,26+/m0/s1. The first-order chi connectivity index (χ1) is 18.5. The molecule has 1 fully saturated rings. The number of phosphoric acid groups is 1. The Kier molecular flexibility index (Phi) is 9.05. The summed E-state index contributed by atoms with van der Waals surface area (Å²) in [6.07, 6.45) is 8.02. The molecule has 0 spiro atoms. The average Bonchev–Trinajstić information content (AvgIpc) is 3.64. The third-order valence-electron chi connectivity index (χ3n) is 7.49. The number of phenols is 1. The predicted molar refractivity (Wildman–Crippen MR) is 149 cm³/mol. The van der Waals surface area contributed by atoms with Gasteiger partial charge in [-0.2, -0.15) is 0 Å². The van der Waals surface area contributed by atoms with Gasteiger partial charge >= 0.3 is 13.8 Å². The first-order valence-corrected chi connectivity index (χ1v) is 15.2. The minimum atomic E-state index is -4.86. The number of aromatic hydroxyl groups is 1. The topological polar surface area (TPSA) is 105 Å². The minimum absolute atomic E-state index is 0.0571. The second kappa shape index (κ2) is 12.1. The van der Waals surface area contributed by atoms with Gasteiger partial charge in [-0.15, -0.1) is 0 Å². The SMILES string of the molecule is C=C(C)[C@@H]1CCC(C)=C[C@H]1c1c(O)cc(CCCCC)cc1OC(=O)C1(OP(=O)([O-])Oc2ccccc2)CC1. The van der Waals surface area contributed by atoms with Gasteiger partial charge in [0, 0.05) is 11.5 Å². The molecule has 0 radical (unpaired) electrons. The normalized spacial score (nSPS) is 21.4. The number of carbonyl (C=O) groups is 1. The van der Waals surface area contributed by atoms with Gasteiger partial charge in [-0.25, -0.2) is 4.79 Å². The van der Waals surface area contributed by atoms with Crippen LogP contribution in [0.5, 0.6) is 17.2 Å². The molecule has 0 saturated heterocycles. The van der Waals surface area contributed by atoms with E-state index >= 15 is 0 Å². The van der Waals surface area contributed by atoms with Gasteiger partial charge in [-0.1, -0.05) is 61.8 Å². The molecule has 2 aliphatic rings. The highest BCUT2D eigenvalue weighted by Gasteiger charge is 2.56. The van der Waals surface area contributed by atoms with E-state index in [9.17, 15) is 19.4 Å². The summed E-state index contributed by atoms with van der Waals surface area (Å²) in [5, 5.41) is 11.3. The molecular formula is C31H38O7P-. The maximum atomic E-state index is 13.4. The number of esters is 1. The van der Waals surface area contributed by atoms with Crippen molar-refractivity contribution in [3.8, 4) is 17.2 Å². The lowest BCUT2D eigenvalue weighted by atomic mass is 9.73. The Balaban J connectivity index is 1.64. The summed E-state index contributed by atoms with van der Waals surface area (Å²) in [6.45, 7) is 10.3. The number of benzene rings is 2. The van der Waals surface area contributed by atoms with Crippen molar-refractivity contribution >= 4 is 13.8 Å². The molecule has 0 aliphatic heterocycles. The van der Waals surface area contributed by atoms with Crippen LogP contribution in [-0.2, 0) is 20.3 Å². The van der Waals surface area contributed by atoms with E-state index in [1.165, 1.54) is 17.7 Å². The highest BCUT2D eigenvalue weighted by Crippen LogP contribution is 2.54. The van der Waals surface area contributed by atoms with E-state index in [1.54, 1.807) is 30.3 Å². The van der Waals surface area contributed by atoms with Crippen molar-refractivity contribution in [3.63, 3.8) is 0 Å². The average molecular weight is 554 g/mol. The first-order valence-electron chi connectivity index (χ1n) is 13.7. The van der Waals surface area contributed by atoms with Gasteiger partial charge < -0.3 is 19.3 Å². The van der Waals surface area contributed by atoms with E-state index in [2.05, 4.69) is 26.5 Å². The molecular weight excluding hydrogens is 515 g/mol. The number of allylic oxidation sites excluding steroid dienone is 3. The monoisotopic (exact) mass is 553 g/mol. The highest BCUT2D eigenvalue weighted by molar-refractivity contribution is 7.46. The summed E-state index contributed by atoms with van der Waals surface area (Å²) in [7, 11) is -4.86. The smallest absolute Gasteiger partial charge is 0.344 e. The number of para-hydroxylation sites is 1. The molecule has 210 valence electrons. The number of carbonyl (C=O) groups excluding carboxylic acids is 1. The van der Waals surface area contributed by atoms with Crippen molar-refractivity contribution in [2.45, 2.75) is 83.7 Å². The minimum Gasteiger partial charge on any atom is -0.746 e. The predicted octanol–water partition coefficient (Wildman–Crippen LogP) is 7.14. The van der Waals surface area contributed by atoms with Crippen LogP contribution >= 0.6 is 7.82 Å². The maximum Gasteiger partial charge on any atom is 0.344 e. The van der Waals surface area contributed by atoms with E-state index in [4.69, 9.17) is 13.8 Å². The highest BCUT2D eigenvalue weighted by atomic mass is 31.2. The lowest BCUT2D eigenvalue weighted by molar-refractivity contribution is -0.224. The van der Waals surface area contributed by atoms with Gasteiger partial charge in [0.2, 0.25) is 0 Å². The Morgan fingerprint density at radius 3 is 2.56 bits per heavy atom. The summed E-state index contributed by atoms with van der Waals surface area (Å²) < 4.78 is 28.9. The fourth-order valence-electron chi connectivity index (χ4n) is 5.20. The number of phenolic OH excluding ortho intramolecular Hbond substituents is 1. The summed E-state index contributed by atoms with van der Waals surface area (Å²) >= 11 is 0. The molecule has 0 heterocycles. The maximum absolute atomic E-state index is 13.4. The molecule has 1 unspecified atom stereocenters. The second-order valence-corrected chi connectivity index (χ2v) is 12.1. The van der Waals surface area contributed by atoms with Crippen LogP contribution in [0.15, 0.2) is 66.3 Å². The molecule has 2 aliphatic carbocycles. The number of unbranched alkanes of at least 4 members (excludes halogenated alkanes) is 2. The van der Waals surface area contributed by atoms with E-state index in [-0.39, 0.29) is 41.9 Å². The molecule has 0 bridgehead atoms. The number of phosphoric ester groups is 1. The van der Waals surface area contributed by atoms with Crippen LogP contribution in [0.1, 0.15) is 82.8 Å². The van der Waals surface area contributed by atoms with Crippen molar-refractivity contribution in [1.82, 2.24) is 0 Å². The molecule has 0 amide bonds. The van der Waals surface area contributed by atoms with Crippen LogP contribution in [0, 0.1) is 5.92 Å². The molecule has 2 aromatic rings. The van der Waals surface area contributed by atoms with Crippen molar-refractivity contribution in [2.75, 3.05) is 0 Å². The Labute approximate surface area is 231 Å². The van der Waals surface area contributed by atoms with Crippen molar-refractivity contribution < 1.29 is 33.1 Å². The van der Waals surface area contributed by atoms with Gasteiger partial charge in [0.05, 0.1) is 0 Å². The fraction of sp³-hybridized carbons (Fsp3) is 0.452. The van der Waals surface area contributed by atoms with Gasteiger partial charge in [0.25, 0.3) is 0 Å². The Morgan fingerprint density at radius 1 is 1.21 bits per heavy atom. The van der Waals surface area contributed by atoms with Gasteiger partial charge in [0.1, 0.15) is 17.2 Å². The molecule has 0 aromatic heterocycles. The van der Waals surface area contributed by atoms with Crippen LogP contribution in [-0.4, -0.2) is 16.7 Å². The largest absolute Gasteiger partial charge is 0.746 e. The molecule has 8 heteroatoms. The quantitative estimate of drug-likeness (QED) is 0.0979. The molecule has 3 atom stereocenters. The van der Waals surface area contributed by atoms with E-state index in [0.29, 0.717) is 5.56 Å². The fourth-order valence-corrected chi connectivity index (χ4v) is 6.30. The van der Waals surface area contributed by atoms with Crippen LogP contribution in [0.25, 0.3) is 0 Å². The van der Waals surface area contributed by atoms with Gasteiger partial charge in [0.15, 0.2) is 5.60 Å². The van der Waals surface area contributed by atoms with E-state index in [0.717, 1.165) is 49.7 Å². The number of hydrogen-bond donors (Lipinski definition) is 1. The van der Waals surface area contributed by atoms with Crippen LogP contribution in [0.3, 0.4) is 0 Å². The summed E-state index contributed by atoms with van der Waals surface area (Å²) in [4.78, 5) is 26.1. The van der Waals surface area contributed by atoms with Crippen molar-refractivity contribution in [1.29, 1.82) is 0 Å². The van der Waals surface area contributed by atoms with Crippen LogP contribution < -0.4 is 14.2 Å². The number of ether oxygens (including phenoxy) is 1. The summed E-state index contributed by atoms with van der Waals surface area (Å²) in [6, 6.07) is 11.5. The Hall–Kier alpha value is -2.86. The zero-order chi connectivity index (χ0) is 28.2. The Bertz CT molecular complexity index is 1280. The zero-order valence-electron chi connectivity index (χ0n) is 23.0. The van der Waals surface area contributed by atoms with Gasteiger partial charge in [-0.3, -0.25) is 9.09 Å². The molecule has 7 nitrogen and oxygen atoms in total. The van der Waals surface area contributed by atoms with E-state index in [1.807, 2.05) is 6.92 Å². The number of hydrogen-bond acceptors (Lipinski definition) is 7. The molecule has 1 N–H and O–H groups in total. The van der Waals surface area contributed by atoms with Crippen molar-refractivity contribution in [2.24, 2.45) is 5.92 Å². The third-order valence-corrected chi connectivity index (χ3v) is 8.50. The first kappa shape index (κ1) is 29.1. The third kappa shape index (κ3) is 7.21. The lowest BCUT2D eigenvalue weighted by Gasteiger charge is -2.32. The molecule has 1 saturated carbocycles. The van der Waals surface area contributed by atoms with Gasteiger partial charge in [-0.05, 0) is 88.1 Å². The number of aryl methyl sites for hydroxylation is 1. The number of rotatable bonds is 12. The zero-order valence-corrected chi connectivity index (χ0v) is 23.9. The summed E-state index contributed by atoms with van der Waals surface area (Å²) in [5.74, 6) is -0.598. The van der Waals surface area contributed by atoms with Crippen molar-refractivity contribution in [3.05, 3.63) is 77.4 Å². The van der Waals surface area contributed by atoms with E-state index < -0.39 is 19.4 Å². The van der Waals surface area contributed by atoms with Crippen LogP contribution in [0.2, 0.25) is 0 Å².